The molecule has 2 rings (SSSR count). The van der Waals surface area contributed by atoms with E-state index < -0.39 is 0 Å². The van der Waals surface area contributed by atoms with Crippen molar-refractivity contribution in [3.63, 3.8) is 0 Å². The average Bonchev–Trinajstić information content (AvgIpc) is 2.22. The van der Waals surface area contributed by atoms with Gasteiger partial charge in [-0.15, -0.1) is 5.10 Å². The molecular weight excluding hydrogens is 217 g/mol. The van der Waals surface area contributed by atoms with Crippen molar-refractivity contribution in [2.45, 2.75) is 6.92 Å². The van der Waals surface area contributed by atoms with E-state index in [0.29, 0.717) is 17.0 Å². The Hall–Kier alpha value is -1.55. The molecule has 0 radical (unpaired) electrons. The third-order valence-corrected chi connectivity index (χ3v) is 2.13. The zero-order chi connectivity index (χ0) is 10.8. The molecule has 1 heterocycles. The van der Waals surface area contributed by atoms with Crippen LogP contribution < -0.4 is 0 Å². The Balaban J connectivity index is 2.50. The van der Waals surface area contributed by atoms with Gasteiger partial charge in [-0.2, -0.15) is 5.10 Å². The number of benzene rings is 1. The molecule has 15 heavy (non-hydrogen) atoms. The summed E-state index contributed by atoms with van der Waals surface area (Å²) in [5.74, 6) is 0.138. The number of hydrogen-bond acceptors (Lipinski definition) is 3. The van der Waals surface area contributed by atoms with Crippen LogP contribution in [0.1, 0.15) is 5.56 Å². The summed E-state index contributed by atoms with van der Waals surface area (Å²) in [5.41, 5.74) is 1.24. The molecule has 0 aliphatic heterocycles. The molecule has 0 aliphatic carbocycles. The molecule has 5 heteroatoms. The van der Waals surface area contributed by atoms with E-state index in [1.165, 1.54) is 12.3 Å². The van der Waals surface area contributed by atoms with Crippen molar-refractivity contribution in [1.82, 2.24) is 15.2 Å². The van der Waals surface area contributed by atoms with Crippen molar-refractivity contribution in [3.8, 4) is 11.4 Å². The van der Waals surface area contributed by atoms with Gasteiger partial charge >= 0.3 is 0 Å². The monoisotopic (exact) mass is 223 g/mol. The molecule has 0 N–H and O–H groups in total. The highest BCUT2D eigenvalue weighted by atomic mass is 35.5. The van der Waals surface area contributed by atoms with Crippen molar-refractivity contribution in [2.75, 3.05) is 0 Å². The van der Waals surface area contributed by atoms with Gasteiger partial charge in [-0.3, -0.25) is 0 Å². The van der Waals surface area contributed by atoms with Gasteiger partial charge in [0.25, 0.3) is 0 Å². The minimum atomic E-state index is -0.256. The van der Waals surface area contributed by atoms with Gasteiger partial charge in [0.15, 0.2) is 11.0 Å². The first-order valence-corrected chi connectivity index (χ1v) is 4.66. The largest absolute Gasteiger partial charge is 0.213 e. The van der Waals surface area contributed by atoms with Crippen molar-refractivity contribution >= 4 is 11.6 Å². The number of aryl methyl sites for hydroxylation is 1. The third-order valence-electron chi connectivity index (χ3n) is 1.95. The smallest absolute Gasteiger partial charge is 0.183 e. The van der Waals surface area contributed by atoms with E-state index in [2.05, 4.69) is 15.2 Å². The zero-order valence-corrected chi connectivity index (χ0v) is 8.66. The number of aromatic nitrogens is 3. The van der Waals surface area contributed by atoms with Crippen LogP contribution in [0.5, 0.6) is 0 Å². The van der Waals surface area contributed by atoms with Gasteiger partial charge in [0.1, 0.15) is 5.82 Å². The second-order valence-electron chi connectivity index (χ2n) is 3.07. The lowest BCUT2D eigenvalue weighted by Gasteiger charge is -2.01. The molecule has 0 atom stereocenters. The molecule has 2 aromatic rings. The lowest BCUT2D eigenvalue weighted by molar-refractivity contribution is 0.618. The second kappa shape index (κ2) is 3.90. The molecule has 1 aromatic heterocycles. The number of nitrogens with zero attached hydrogens (tertiary/aromatic N) is 3. The van der Waals surface area contributed by atoms with E-state index in [9.17, 15) is 4.39 Å². The normalized spacial score (nSPS) is 10.3. The quantitative estimate of drug-likeness (QED) is 0.746. The van der Waals surface area contributed by atoms with Crippen LogP contribution in [-0.2, 0) is 0 Å². The fourth-order valence-corrected chi connectivity index (χ4v) is 1.31. The summed E-state index contributed by atoms with van der Waals surface area (Å²) in [6.07, 6.45) is 1.35. The van der Waals surface area contributed by atoms with Gasteiger partial charge in [0, 0.05) is 5.56 Å². The van der Waals surface area contributed by atoms with Crippen molar-refractivity contribution < 1.29 is 4.39 Å². The maximum Gasteiger partial charge on any atom is 0.183 e. The summed E-state index contributed by atoms with van der Waals surface area (Å²) in [6.45, 7) is 1.68. The van der Waals surface area contributed by atoms with E-state index in [1.54, 1.807) is 19.1 Å². The molecule has 0 amide bonds. The van der Waals surface area contributed by atoms with E-state index in [-0.39, 0.29) is 11.0 Å². The first kappa shape index (κ1) is 9.98. The Bertz CT molecular complexity index is 502. The van der Waals surface area contributed by atoms with Gasteiger partial charge in [0.05, 0.1) is 6.20 Å². The number of hydrogen-bond donors (Lipinski definition) is 0. The third kappa shape index (κ3) is 2.10. The summed E-state index contributed by atoms with van der Waals surface area (Å²) >= 11 is 5.68. The highest BCUT2D eigenvalue weighted by Gasteiger charge is 2.05. The highest BCUT2D eigenvalue weighted by Crippen LogP contribution is 2.18. The molecule has 76 valence electrons. The van der Waals surface area contributed by atoms with Gasteiger partial charge in [-0.05, 0) is 30.7 Å². The van der Waals surface area contributed by atoms with Crippen LogP contribution >= 0.6 is 11.6 Å². The lowest BCUT2D eigenvalue weighted by atomic mass is 10.1. The van der Waals surface area contributed by atoms with Gasteiger partial charge in [0.2, 0.25) is 0 Å². The standard InChI is InChI=1S/C10H7ClFN3/c1-6-4-7(2-3-8(6)12)10-14-9(11)5-13-15-10/h2-5H,1H3. The molecule has 0 fully saturated rings. The topological polar surface area (TPSA) is 38.7 Å². The highest BCUT2D eigenvalue weighted by molar-refractivity contribution is 6.29. The molecule has 0 saturated carbocycles. The Kier molecular flexibility index (Phi) is 2.60. The predicted octanol–water partition coefficient (Wildman–Crippen LogP) is 2.64. The Labute approximate surface area is 90.9 Å². The maximum absolute atomic E-state index is 13.0. The minimum Gasteiger partial charge on any atom is -0.213 e. The van der Waals surface area contributed by atoms with E-state index in [4.69, 9.17) is 11.6 Å². The van der Waals surface area contributed by atoms with Crippen LogP contribution in [0.2, 0.25) is 5.15 Å². The molecule has 1 aromatic carbocycles. The van der Waals surface area contributed by atoms with Gasteiger partial charge in [-0.1, -0.05) is 11.6 Å². The number of rotatable bonds is 1. The molecule has 0 bridgehead atoms. The fraction of sp³-hybridized carbons (Fsp3) is 0.100. The van der Waals surface area contributed by atoms with Crippen LogP contribution in [0, 0.1) is 12.7 Å². The summed E-state index contributed by atoms with van der Waals surface area (Å²) in [7, 11) is 0. The van der Waals surface area contributed by atoms with Gasteiger partial charge in [-0.25, -0.2) is 9.37 Å². The summed E-state index contributed by atoms with van der Waals surface area (Å²) in [6, 6.07) is 4.62. The molecule has 0 spiro atoms. The molecule has 0 aliphatic rings. The van der Waals surface area contributed by atoms with Crippen molar-refractivity contribution in [2.24, 2.45) is 0 Å². The molecule has 0 unspecified atom stereocenters. The molecule has 3 nitrogen and oxygen atoms in total. The van der Waals surface area contributed by atoms with E-state index in [0.717, 1.165) is 0 Å². The SMILES string of the molecule is Cc1cc(-c2nncc(Cl)n2)ccc1F. The lowest BCUT2D eigenvalue weighted by Crippen LogP contribution is -1.93. The maximum atomic E-state index is 13.0. The Morgan fingerprint density at radius 1 is 1.33 bits per heavy atom. The Morgan fingerprint density at radius 2 is 2.13 bits per heavy atom. The van der Waals surface area contributed by atoms with Crippen LogP contribution in [-0.4, -0.2) is 15.2 Å². The van der Waals surface area contributed by atoms with Crippen LogP contribution in [0.25, 0.3) is 11.4 Å². The van der Waals surface area contributed by atoms with Crippen LogP contribution in [0.15, 0.2) is 24.4 Å². The van der Waals surface area contributed by atoms with Crippen molar-refractivity contribution in [3.05, 3.63) is 40.9 Å². The van der Waals surface area contributed by atoms with E-state index in [1.807, 2.05) is 0 Å². The molecule has 0 saturated heterocycles. The van der Waals surface area contributed by atoms with Gasteiger partial charge < -0.3 is 0 Å². The summed E-state index contributed by atoms with van der Waals surface area (Å²) in [5, 5.41) is 7.75. The fourth-order valence-electron chi connectivity index (χ4n) is 1.19. The summed E-state index contributed by atoms with van der Waals surface area (Å²) in [4.78, 5) is 3.98. The minimum absolute atomic E-state index is 0.256. The van der Waals surface area contributed by atoms with Crippen LogP contribution in [0.4, 0.5) is 4.39 Å². The average molecular weight is 224 g/mol. The van der Waals surface area contributed by atoms with Crippen molar-refractivity contribution in [1.29, 1.82) is 0 Å². The zero-order valence-electron chi connectivity index (χ0n) is 7.91. The van der Waals surface area contributed by atoms with E-state index >= 15 is 0 Å². The Morgan fingerprint density at radius 3 is 2.80 bits per heavy atom. The first-order chi connectivity index (χ1) is 7.16. The molecular formula is C10H7ClFN3. The summed E-state index contributed by atoms with van der Waals surface area (Å²) < 4.78 is 13.0. The predicted molar refractivity (Wildman–Crippen MR) is 55.0 cm³/mol. The second-order valence-corrected chi connectivity index (χ2v) is 3.45. The first-order valence-electron chi connectivity index (χ1n) is 4.28. The number of halogens is 2. The van der Waals surface area contributed by atoms with Crippen LogP contribution in [0.3, 0.4) is 0 Å².